The molecule has 0 saturated carbocycles. The number of pyridine rings is 1. The Kier molecular flexibility index (Phi) is 7.12. The zero-order valence-corrected chi connectivity index (χ0v) is 19.4. The van der Waals surface area contributed by atoms with Crippen molar-refractivity contribution in [1.29, 1.82) is 0 Å². The fourth-order valence-electron chi connectivity index (χ4n) is 3.76. The van der Waals surface area contributed by atoms with Gasteiger partial charge in [0.15, 0.2) is 0 Å². The van der Waals surface area contributed by atoms with Crippen molar-refractivity contribution < 1.29 is 23.5 Å². The van der Waals surface area contributed by atoms with Crippen LogP contribution in [0.15, 0.2) is 12.3 Å². The number of thiazole rings is 1. The van der Waals surface area contributed by atoms with Gasteiger partial charge in [-0.2, -0.15) is 0 Å². The van der Waals surface area contributed by atoms with Crippen molar-refractivity contribution in [3.8, 4) is 0 Å². The summed E-state index contributed by atoms with van der Waals surface area (Å²) in [6.45, 7) is 8.28. The average Bonchev–Trinajstić information content (AvgIpc) is 3.31. The highest BCUT2D eigenvalue weighted by atomic mass is 32.1. The third kappa shape index (κ3) is 5.59. The molecule has 0 aliphatic carbocycles. The summed E-state index contributed by atoms with van der Waals surface area (Å²) in [5.41, 5.74) is 0.0123. The highest BCUT2D eigenvalue weighted by Gasteiger charge is 2.31. The lowest BCUT2D eigenvalue weighted by molar-refractivity contribution is 0.0696. The Morgan fingerprint density at radius 2 is 2.06 bits per heavy atom. The van der Waals surface area contributed by atoms with Gasteiger partial charge in [-0.15, -0.1) is 11.3 Å². The molecule has 32 heavy (non-hydrogen) atoms. The molecule has 0 bridgehead atoms. The van der Waals surface area contributed by atoms with Crippen molar-refractivity contribution in [2.45, 2.75) is 71.4 Å². The molecule has 1 aliphatic rings. The molecule has 2 aromatic rings. The standard InChI is InChI=1S/C22H28F2N4O3S/c1-12-6-5-9-28(12)20(29)17-15(32-19(26-17)21(30)31)8-7-13-11-25-16(27-22(2,3)4)10-14(13)18(23)24/h10-12,18H,5-9H2,1-4H3,(H,25,27)(H,30,31)/t12-/m0/s1. The van der Waals surface area contributed by atoms with Gasteiger partial charge >= 0.3 is 5.97 Å². The number of aromatic nitrogens is 2. The van der Waals surface area contributed by atoms with Gasteiger partial charge in [0.25, 0.3) is 12.3 Å². The molecule has 0 aromatic carbocycles. The van der Waals surface area contributed by atoms with Gasteiger partial charge in [0.1, 0.15) is 11.5 Å². The van der Waals surface area contributed by atoms with Gasteiger partial charge in [-0.1, -0.05) is 0 Å². The van der Waals surface area contributed by atoms with E-state index in [1.54, 1.807) is 4.90 Å². The number of anilines is 1. The summed E-state index contributed by atoms with van der Waals surface area (Å²) in [5, 5.41) is 12.3. The van der Waals surface area contributed by atoms with Crippen LogP contribution >= 0.6 is 11.3 Å². The summed E-state index contributed by atoms with van der Waals surface area (Å²) in [6, 6.07) is 1.40. The highest BCUT2D eigenvalue weighted by Crippen LogP contribution is 2.29. The monoisotopic (exact) mass is 466 g/mol. The Labute approximate surface area is 189 Å². The highest BCUT2D eigenvalue weighted by molar-refractivity contribution is 7.13. The maximum Gasteiger partial charge on any atom is 0.365 e. The molecule has 174 valence electrons. The Hall–Kier alpha value is -2.62. The Bertz CT molecular complexity index is 1000. The van der Waals surface area contributed by atoms with Crippen LogP contribution in [0, 0.1) is 0 Å². The minimum Gasteiger partial charge on any atom is -0.476 e. The van der Waals surface area contributed by atoms with Crippen LogP contribution in [0.1, 0.15) is 83.3 Å². The Morgan fingerprint density at radius 3 is 2.62 bits per heavy atom. The van der Waals surface area contributed by atoms with Crippen molar-refractivity contribution in [2.24, 2.45) is 0 Å². The predicted octanol–water partition coefficient (Wildman–Crippen LogP) is 4.79. The summed E-state index contributed by atoms with van der Waals surface area (Å²) in [7, 11) is 0. The molecular formula is C22H28F2N4O3S. The van der Waals surface area contributed by atoms with Gasteiger partial charge in [0, 0.05) is 34.8 Å². The van der Waals surface area contributed by atoms with Crippen LogP contribution in [0.5, 0.6) is 0 Å². The second-order valence-corrected chi connectivity index (χ2v) is 10.1. The molecule has 0 radical (unpaired) electrons. The molecule has 1 amide bonds. The minimum absolute atomic E-state index is 0.0582. The largest absolute Gasteiger partial charge is 0.476 e. The van der Waals surface area contributed by atoms with Gasteiger partial charge in [-0.05, 0) is 65.0 Å². The lowest BCUT2D eigenvalue weighted by atomic mass is 10.0. The molecule has 2 N–H and O–H groups in total. The maximum atomic E-state index is 13.7. The first-order valence-electron chi connectivity index (χ1n) is 10.6. The smallest absolute Gasteiger partial charge is 0.365 e. The van der Waals surface area contributed by atoms with Crippen LogP contribution in [0.4, 0.5) is 14.6 Å². The van der Waals surface area contributed by atoms with Crippen LogP contribution in [0.3, 0.4) is 0 Å². The molecule has 1 saturated heterocycles. The third-order valence-electron chi connectivity index (χ3n) is 5.28. The summed E-state index contributed by atoms with van der Waals surface area (Å²) in [6.07, 6.45) is 0.919. The lowest BCUT2D eigenvalue weighted by Gasteiger charge is -2.22. The second-order valence-electron chi connectivity index (χ2n) is 9.03. The number of nitrogens with one attached hydrogen (secondary N) is 1. The zero-order chi connectivity index (χ0) is 23.6. The number of amides is 1. The van der Waals surface area contributed by atoms with E-state index < -0.39 is 12.4 Å². The first-order chi connectivity index (χ1) is 15.0. The fourth-order valence-corrected chi connectivity index (χ4v) is 4.65. The van der Waals surface area contributed by atoms with E-state index in [0.29, 0.717) is 22.8 Å². The number of carboxylic acid groups (broad SMARTS) is 1. The van der Waals surface area contributed by atoms with Crippen LogP contribution in [0.2, 0.25) is 0 Å². The third-order valence-corrected chi connectivity index (χ3v) is 6.38. The molecule has 10 heteroatoms. The van der Waals surface area contributed by atoms with Crippen molar-refractivity contribution in [1.82, 2.24) is 14.9 Å². The van der Waals surface area contributed by atoms with E-state index in [-0.39, 0.29) is 46.6 Å². The molecule has 1 aliphatic heterocycles. The van der Waals surface area contributed by atoms with Crippen LogP contribution in [0.25, 0.3) is 0 Å². The minimum atomic E-state index is -2.68. The van der Waals surface area contributed by atoms with Crippen molar-refractivity contribution in [3.63, 3.8) is 0 Å². The number of rotatable bonds is 7. The predicted molar refractivity (Wildman–Crippen MR) is 119 cm³/mol. The number of hydrogen-bond donors (Lipinski definition) is 2. The number of halogens is 2. The Balaban J connectivity index is 1.86. The number of carboxylic acids is 1. The number of carbonyl (C=O) groups is 2. The summed E-state index contributed by atoms with van der Waals surface area (Å²) in [5.74, 6) is -1.15. The van der Waals surface area contributed by atoms with E-state index in [2.05, 4.69) is 15.3 Å². The van der Waals surface area contributed by atoms with Crippen LogP contribution in [-0.4, -0.2) is 50.0 Å². The number of nitrogens with zero attached hydrogens (tertiary/aromatic N) is 3. The fraction of sp³-hybridized carbons (Fsp3) is 0.545. The first kappa shape index (κ1) is 24.0. The molecule has 3 rings (SSSR count). The van der Waals surface area contributed by atoms with Gasteiger partial charge in [0.2, 0.25) is 5.01 Å². The number of likely N-dealkylation sites (tertiary alicyclic amines) is 1. The van der Waals surface area contributed by atoms with E-state index in [1.165, 1.54) is 12.3 Å². The number of alkyl halides is 2. The van der Waals surface area contributed by atoms with Crippen molar-refractivity contribution in [3.05, 3.63) is 39.0 Å². The lowest BCUT2D eigenvalue weighted by Crippen LogP contribution is -2.34. The molecule has 3 heterocycles. The normalized spacial score (nSPS) is 16.6. The Morgan fingerprint density at radius 1 is 1.34 bits per heavy atom. The van der Waals surface area contributed by atoms with Crippen LogP contribution < -0.4 is 5.32 Å². The van der Waals surface area contributed by atoms with Gasteiger partial charge in [-0.25, -0.2) is 23.5 Å². The van der Waals surface area contributed by atoms with E-state index in [0.717, 1.165) is 24.2 Å². The van der Waals surface area contributed by atoms with E-state index in [1.807, 2.05) is 27.7 Å². The van der Waals surface area contributed by atoms with Crippen molar-refractivity contribution in [2.75, 3.05) is 11.9 Å². The molecule has 1 atom stereocenters. The number of carbonyl (C=O) groups excluding carboxylic acids is 1. The molecular weight excluding hydrogens is 438 g/mol. The SMILES string of the molecule is C[C@H]1CCCN1C(=O)c1nc(C(=O)O)sc1CCc1cnc(NC(C)(C)C)cc1C(F)F. The average molecular weight is 467 g/mol. The molecule has 0 spiro atoms. The maximum absolute atomic E-state index is 13.7. The molecule has 1 fully saturated rings. The van der Waals surface area contributed by atoms with Gasteiger partial charge in [-0.3, -0.25) is 4.79 Å². The number of aromatic carboxylic acids is 1. The number of aryl methyl sites for hydroxylation is 2. The molecule has 2 aromatic heterocycles. The summed E-state index contributed by atoms with van der Waals surface area (Å²) in [4.78, 5) is 35.0. The second kappa shape index (κ2) is 9.48. The van der Waals surface area contributed by atoms with E-state index in [4.69, 9.17) is 0 Å². The molecule has 7 nitrogen and oxygen atoms in total. The van der Waals surface area contributed by atoms with E-state index in [9.17, 15) is 23.5 Å². The van der Waals surface area contributed by atoms with Crippen LogP contribution in [-0.2, 0) is 12.8 Å². The topological polar surface area (TPSA) is 95.4 Å². The quantitative estimate of drug-likeness (QED) is 0.609. The zero-order valence-electron chi connectivity index (χ0n) is 18.6. The van der Waals surface area contributed by atoms with Crippen molar-refractivity contribution >= 4 is 29.0 Å². The summed E-state index contributed by atoms with van der Waals surface area (Å²) < 4.78 is 27.5. The van der Waals surface area contributed by atoms with E-state index >= 15 is 0 Å². The number of hydrogen-bond acceptors (Lipinski definition) is 6. The molecule has 0 unspecified atom stereocenters. The van der Waals surface area contributed by atoms with Gasteiger partial charge in [0.05, 0.1) is 0 Å². The first-order valence-corrected chi connectivity index (χ1v) is 11.4. The van der Waals surface area contributed by atoms with Gasteiger partial charge < -0.3 is 15.3 Å². The summed E-state index contributed by atoms with van der Waals surface area (Å²) >= 11 is 0.922.